The minimum Gasteiger partial charge on any atom is -0.313 e. The Bertz CT molecular complexity index is 537. The van der Waals surface area contributed by atoms with Crippen LogP contribution in [0, 0.1) is 0 Å². The lowest BCUT2D eigenvalue weighted by atomic mass is 10.4. The van der Waals surface area contributed by atoms with Gasteiger partial charge >= 0.3 is 0 Å². The number of hydrogen-bond donors (Lipinski definition) is 1. The Morgan fingerprint density at radius 3 is 2.81 bits per heavy atom. The molecule has 0 aliphatic carbocycles. The van der Waals surface area contributed by atoms with Gasteiger partial charge in [0.2, 0.25) is 10.0 Å². The van der Waals surface area contributed by atoms with Gasteiger partial charge < -0.3 is 5.32 Å². The van der Waals surface area contributed by atoms with Gasteiger partial charge in [-0.25, -0.2) is 8.42 Å². The van der Waals surface area contributed by atoms with Crippen LogP contribution in [0.25, 0.3) is 0 Å². The van der Waals surface area contributed by atoms with Crippen LogP contribution in [-0.2, 0) is 16.6 Å². The van der Waals surface area contributed by atoms with Crippen molar-refractivity contribution in [2.24, 2.45) is 0 Å². The van der Waals surface area contributed by atoms with E-state index < -0.39 is 10.0 Å². The highest BCUT2D eigenvalue weighted by atomic mass is 32.2. The van der Waals surface area contributed by atoms with Crippen molar-refractivity contribution < 1.29 is 8.42 Å². The van der Waals surface area contributed by atoms with Crippen molar-refractivity contribution in [2.75, 3.05) is 19.6 Å². The van der Waals surface area contributed by atoms with Crippen LogP contribution >= 0.6 is 0 Å². The summed E-state index contributed by atoms with van der Waals surface area (Å²) in [5, 5.41) is 7.40. The first-order valence-electron chi connectivity index (χ1n) is 7.28. The predicted molar refractivity (Wildman–Crippen MR) is 84.6 cm³/mol. The number of rotatable bonds is 10. The van der Waals surface area contributed by atoms with E-state index in [1.807, 2.05) is 6.92 Å². The third kappa shape index (κ3) is 5.26. The molecule has 0 radical (unpaired) electrons. The lowest BCUT2D eigenvalue weighted by molar-refractivity contribution is 0.441. The summed E-state index contributed by atoms with van der Waals surface area (Å²) in [7, 11) is -3.49. The molecule has 0 unspecified atom stereocenters. The largest absolute Gasteiger partial charge is 0.313 e. The van der Waals surface area contributed by atoms with E-state index in [4.69, 9.17) is 0 Å². The number of aromatic nitrogens is 2. The fraction of sp³-hybridized carbons (Fsp3) is 0.643. The van der Waals surface area contributed by atoms with Crippen molar-refractivity contribution in [1.29, 1.82) is 0 Å². The second-order valence-electron chi connectivity index (χ2n) is 5.20. The quantitative estimate of drug-likeness (QED) is 0.664. The maximum absolute atomic E-state index is 12.5. The van der Waals surface area contributed by atoms with E-state index in [-0.39, 0.29) is 4.90 Å². The van der Waals surface area contributed by atoms with Crippen LogP contribution in [0.4, 0.5) is 0 Å². The average Bonchev–Trinajstić information content (AvgIpc) is 2.87. The zero-order valence-corrected chi connectivity index (χ0v) is 13.9. The summed E-state index contributed by atoms with van der Waals surface area (Å²) in [5.74, 6) is 0. The molecule has 1 N–H and O–H groups in total. The third-order valence-corrected chi connectivity index (χ3v) is 4.76. The van der Waals surface area contributed by atoms with Crippen LogP contribution in [0.15, 0.2) is 29.9 Å². The molecule has 0 saturated carbocycles. The average molecular weight is 314 g/mol. The molecule has 21 heavy (non-hydrogen) atoms. The lowest BCUT2D eigenvalue weighted by Gasteiger charge is -2.18. The van der Waals surface area contributed by atoms with Crippen LogP contribution in [0.1, 0.15) is 27.2 Å². The van der Waals surface area contributed by atoms with Crippen molar-refractivity contribution in [1.82, 2.24) is 19.4 Å². The topological polar surface area (TPSA) is 67.2 Å². The first-order valence-corrected chi connectivity index (χ1v) is 8.72. The van der Waals surface area contributed by atoms with E-state index in [0.717, 1.165) is 13.0 Å². The Morgan fingerprint density at radius 2 is 2.24 bits per heavy atom. The maximum Gasteiger partial charge on any atom is 0.246 e. The number of sulfonamides is 1. The highest BCUT2D eigenvalue weighted by Crippen LogP contribution is 2.15. The molecule has 0 saturated heterocycles. The molecular formula is C14H26N4O2S. The Balaban J connectivity index is 2.79. The zero-order valence-electron chi connectivity index (χ0n) is 13.1. The van der Waals surface area contributed by atoms with Crippen molar-refractivity contribution in [3.8, 4) is 0 Å². The highest BCUT2D eigenvalue weighted by molar-refractivity contribution is 7.89. The molecule has 0 bridgehead atoms. The smallest absolute Gasteiger partial charge is 0.246 e. The molecule has 0 aliphatic rings. The Kier molecular flexibility index (Phi) is 7.07. The minimum absolute atomic E-state index is 0.238. The highest BCUT2D eigenvalue weighted by Gasteiger charge is 2.24. The molecule has 1 aromatic heterocycles. The number of nitrogens with one attached hydrogen (secondary N) is 1. The minimum atomic E-state index is -3.49. The molecule has 6 nitrogen and oxygen atoms in total. The van der Waals surface area contributed by atoms with Crippen molar-refractivity contribution in [3.05, 3.63) is 25.0 Å². The summed E-state index contributed by atoms with van der Waals surface area (Å²) in [5.41, 5.74) is 0. The monoisotopic (exact) mass is 314 g/mol. The number of hydrogen-bond acceptors (Lipinski definition) is 4. The summed E-state index contributed by atoms with van der Waals surface area (Å²) < 4.78 is 28.1. The molecular weight excluding hydrogens is 288 g/mol. The van der Waals surface area contributed by atoms with Gasteiger partial charge in [-0.2, -0.15) is 9.40 Å². The third-order valence-electron chi connectivity index (χ3n) is 2.95. The summed E-state index contributed by atoms with van der Waals surface area (Å²) >= 11 is 0. The lowest BCUT2D eigenvalue weighted by Crippen LogP contribution is -2.31. The fourth-order valence-corrected chi connectivity index (χ4v) is 3.38. The molecule has 1 heterocycles. The van der Waals surface area contributed by atoms with Crippen LogP contribution in [0.2, 0.25) is 0 Å². The van der Waals surface area contributed by atoms with Crippen molar-refractivity contribution >= 4 is 10.0 Å². The van der Waals surface area contributed by atoms with E-state index in [0.29, 0.717) is 25.7 Å². The van der Waals surface area contributed by atoms with Gasteiger partial charge in [-0.3, -0.25) is 4.68 Å². The van der Waals surface area contributed by atoms with Gasteiger partial charge in [0.1, 0.15) is 4.90 Å². The van der Waals surface area contributed by atoms with Crippen molar-refractivity contribution in [3.63, 3.8) is 0 Å². The van der Waals surface area contributed by atoms with Gasteiger partial charge in [0.05, 0.1) is 12.7 Å². The van der Waals surface area contributed by atoms with Gasteiger partial charge in [0, 0.05) is 31.9 Å². The van der Waals surface area contributed by atoms with Gasteiger partial charge in [-0.15, -0.1) is 6.58 Å². The first kappa shape index (κ1) is 17.9. The SMILES string of the molecule is C=CCN(CCC)S(=O)(=O)c1cnn(CCNC(C)C)c1. The van der Waals surface area contributed by atoms with Gasteiger partial charge in [0.15, 0.2) is 0 Å². The molecule has 1 aromatic rings. The number of nitrogens with zero attached hydrogens (tertiary/aromatic N) is 3. The van der Waals surface area contributed by atoms with E-state index in [1.165, 1.54) is 10.5 Å². The second-order valence-corrected chi connectivity index (χ2v) is 7.14. The molecule has 0 spiro atoms. The predicted octanol–water partition coefficient (Wildman–Crippen LogP) is 1.47. The van der Waals surface area contributed by atoms with Gasteiger partial charge in [-0.1, -0.05) is 26.8 Å². The standard InChI is InChI=1S/C14H26N4O2S/c1-5-8-18(9-6-2)21(19,20)14-11-16-17(12-14)10-7-15-13(3)4/h5,11-13,15H,1,6-10H2,2-4H3. The van der Waals surface area contributed by atoms with Crippen LogP contribution in [0.5, 0.6) is 0 Å². The molecule has 0 fully saturated rings. The zero-order chi connectivity index (χ0) is 15.9. The van der Waals surface area contributed by atoms with Crippen LogP contribution in [0.3, 0.4) is 0 Å². The summed E-state index contributed by atoms with van der Waals surface area (Å²) in [6, 6.07) is 0.399. The molecule has 0 aliphatic heterocycles. The first-order chi connectivity index (χ1) is 9.91. The normalized spacial score (nSPS) is 12.2. The molecule has 1 rings (SSSR count). The fourth-order valence-electron chi connectivity index (χ4n) is 1.92. The molecule has 0 aromatic carbocycles. The summed E-state index contributed by atoms with van der Waals surface area (Å²) in [6.07, 6.45) is 5.36. The Labute approximate surface area is 127 Å². The Morgan fingerprint density at radius 1 is 1.52 bits per heavy atom. The summed E-state index contributed by atoms with van der Waals surface area (Å²) in [4.78, 5) is 0.238. The molecule has 0 amide bonds. The Hall–Kier alpha value is -1.18. The van der Waals surface area contributed by atoms with Crippen molar-refractivity contribution in [2.45, 2.75) is 44.7 Å². The molecule has 7 heteroatoms. The van der Waals surface area contributed by atoms with E-state index in [2.05, 4.69) is 30.8 Å². The van der Waals surface area contributed by atoms with Gasteiger partial charge in [-0.05, 0) is 6.42 Å². The van der Waals surface area contributed by atoms with Gasteiger partial charge in [0.25, 0.3) is 0 Å². The molecule has 120 valence electrons. The van der Waals surface area contributed by atoms with Crippen LogP contribution in [-0.4, -0.2) is 48.2 Å². The molecule has 0 atom stereocenters. The second kappa shape index (κ2) is 8.31. The summed E-state index contributed by atoms with van der Waals surface area (Å²) in [6.45, 7) is 11.9. The van der Waals surface area contributed by atoms with E-state index >= 15 is 0 Å². The van der Waals surface area contributed by atoms with Crippen LogP contribution < -0.4 is 5.32 Å². The van der Waals surface area contributed by atoms with E-state index in [1.54, 1.807) is 17.0 Å². The maximum atomic E-state index is 12.5. The van der Waals surface area contributed by atoms with E-state index in [9.17, 15) is 8.42 Å².